The van der Waals surface area contributed by atoms with E-state index in [4.69, 9.17) is 0 Å². The van der Waals surface area contributed by atoms with Gasteiger partial charge in [0.05, 0.1) is 6.54 Å². The Kier molecular flexibility index (Phi) is 4.22. The Morgan fingerprint density at radius 2 is 1.95 bits per heavy atom. The fourth-order valence-electron chi connectivity index (χ4n) is 1.93. The van der Waals surface area contributed by atoms with Crippen molar-refractivity contribution < 1.29 is 9.90 Å². The molecule has 0 spiro atoms. The van der Waals surface area contributed by atoms with Gasteiger partial charge >= 0.3 is 5.69 Å². The Bertz CT molecular complexity index is 762. The third-order valence-electron chi connectivity index (χ3n) is 2.92. The minimum absolute atomic E-state index is 0.0503. The third kappa shape index (κ3) is 3.02. The molecule has 0 unspecified atom stereocenters. The first-order valence-electron chi connectivity index (χ1n) is 6.42. The monoisotopic (exact) mass is 289 g/mol. The molecule has 110 valence electrons. The highest BCUT2D eigenvalue weighted by Gasteiger charge is 2.20. The SMILES string of the molecule is CCNC(=O)c1c(O)n(Cc2ccccc2)c(=O)[nH]c1=O. The van der Waals surface area contributed by atoms with Gasteiger partial charge in [-0.15, -0.1) is 0 Å². The highest BCUT2D eigenvalue weighted by Crippen LogP contribution is 2.12. The number of benzene rings is 1. The number of carbonyl (C=O) groups excluding carboxylic acids is 1. The van der Waals surface area contributed by atoms with Crippen molar-refractivity contribution in [1.29, 1.82) is 0 Å². The zero-order chi connectivity index (χ0) is 15.4. The molecule has 2 rings (SSSR count). The first kappa shape index (κ1) is 14.6. The van der Waals surface area contributed by atoms with Gasteiger partial charge < -0.3 is 10.4 Å². The molecule has 3 N–H and O–H groups in total. The van der Waals surface area contributed by atoms with Crippen molar-refractivity contribution >= 4 is 5.91 Å². The number of nitrogens with zero attached hydrogens (tertiary/aromatic N) is 1. The molecule has 7 nitrogen and oxygen atoms in total. The standard InChI is InChI=1S/C14H15N3O4/c1-2-15-11(18)10-12(19)16-14(21)17(13(10)20)8-9-6-4-3-5-7-9/h3-7,20H,2,8H2,1H3,(H,15,18)(H,16,19,21). The van der Waals surface area contributed by atoms with Crippen LogP contribution in [0.15, 0.2) is 39.9 Å². The summed E-state index contributed by atoms with van der Waals surface area (Å²) in [6.07, 6.45) is 0. The summed E-state index contributed by atoms with van der Waals surface area (Å²) in [6, 6.07) is 8.92. The van der Waals surface area contributed by atoms with Crippen molar-refractivity contribution in [3.05, 3.63) is 62.3 Å². The molecule has 1 amide bonds. The highest BCUT2D eigenvalue weighted by molar-refractivity contribution is 5.95. The van der Waals surface area contributed by atoms with Gasteiger partial charge in [-0.2, -0.15) is 0 Å². The van der Waals surface area contributed by atoms with E-state index in [9.17, 15) is 19.5 Å². The summed E-state index contributed by atoms with van der Waals surface area (Å²) in [4.78, 5) is 37.3. The van der Waals surface area contributed by atoms with Gasteiger partial charge in [0.15, 0.2) is 5.56 Å². The maximum atomic E-state index is 11.8. The van der Waals surface area contributed by atoms with Crippen molar-refractivity contribution in [3.63, 3.8) is 0 Å². The number of aromatic amines is 1. The van der Waals surface area contributed by atoms with E-state index in [-0.39, 0.29) is 6.54 Å². The average Bonchev–Trinajstić information content (AvgIpc) is 2.44. The van der Waals surface area contributed by atoms with Gasteiger partial charge in [0.1, 0.15) is 0 Å². The molecule has 0 saturated carbocycles. The minimum atomic E-state index is -0.909. The van der Waals surface area contributed by atoms with Crippen LogP contribution in [0, 0.1) is 0 Å². The molecule has 1 heterocycles. The van der Waals surface area contributed by atoms with Crippen molar-refractivity contribution in [2.45, 2.75) is 13.5 Å². The molecule has 0 aliphatic heterocycles. The van der Waals surface area contributed by atoms with Gasteiger partial charge in [0.25, 0.3) is 11.5 Å². The molecule has 0 bridgehead atoms. The van der Waals surface area contributed by atoms with Gasteiger partial charge in [0, 0.05) is 6.54 Å². The van der Waals surface area contributed by atoms with Gasteiger partial charge in [-0.3, -0.25) is 19.1 Å². The number of hydrogen-bond donors (Lipinski definition) is 3. The van der Waals surface area contributed by atoms with Crippen LogP contribution in [0.5, 0.6) is 5.88 Å². The van der Waals surface area contributed by atoms with Crippen molar-refractivity contribution in [3.8, 4) is 5.88 Å². The molecule has 1 aromatic carbocycles. The zero-order valence-electron chi connectivity index (χ0n) is 11.4. The lowest BCUT2D eigenvalue weighted by Gasteiger charge is -2.11. The second-order valence-corrected chi connectivity index (χ2v) is 4.39. The van der Waals surface area contributed by atoms with Gasteiger partial charge in [-0.05, 0) is 12.5 Å². The lowest BCUT2D eigenvalue weighted by molar-refractivity contribution is 0.0949. The van der Waals surface area contributed by atoms with E-state index in [1.165, 1.54) is 0 Å². The van der Waals surface area contributed by atoms with Crippen LogP contribution in [0.4, 0.5) is 0 Å². The van der Waals surface area contributed by atoms with E-state index in [1.54, 1.807) is 31.2 Å². The Morgan fingerprint density at radius 1 is 1.29 bits per heavy atom. The Hall–Kier alpha value is -2.83. The lowest BCUT2D eigenvalue weighted by atomic mass is 10.2. The highest BCUT2D eigenvalue weighted by atomic mass is 16.3. The normalized spacial score (nSPS) is 10.3. The maximum absolute atomic E-state index is 11.8. The summed E-state index contributed by atoms with van der Waals surface area (Å²) in [7, 11) is 0. The van der Waals surface area contributed by atoms with Crippen molar-refractivity contribution in [2.75, 3.05) is 6.54 Å². The zero-order valence-corrected chi connectivity index (χ0v) is 11.4. The summed E-state index contributed by atoms with van der Waals surface area (Å²) in [5.74, 6) is -1.36. The largest absolute Gasteiger partial charge is 0.494 e. The number of carbonyl (C=O) groups is 1. The number of aromatic hydroxyl groups is 1. The summed E-state index contributed by atoms with van der Waals surface area (Å²) in [5, 5.41) is 12.5. The molecule has 1 aromatic heterocycles. The lowest BCUT2D eigenvalue weighted by Crippen LogP contribution is -2.37. The van der Waals surface area contributed by atoms with E-state index < -0.39 is 28.6 Å². The van der Waals surface area contributed by atoms with Gasteiger partial charge in [-0.1, -0.05) is 30.3 Å². The number of hydrogen-bond acceptors (Lipinski definition) is 4. The number of H-pyrrole nitrogens is 1. The first-order chi connectivity index (χ1) is 10.0. The summed E-state index contributed by atoms with van der Waals surface area (Å²) < 4.78 is 0.946. The number of nitrogens with one attached hydrogen (secondary N) is 2. The van der Waals surface area contributed by atoms with E-state index in [0.717, 1.165) is 10.1 Å². The van der Waals surface area contributed by atoms with Crippen LogP contribution in [-0.4, -0.2) is 27.1 Å². The second kappa shape index (κ2) is 6.08. The molecule has 2 aromatic rings. The van der Waals surface area contributed by atoms with E-state index in [0.29, 0.717) is 6.54 Å². The molecule has 7 heteroatoms. The molecule has 0 aliphatic carbocycles. The smallest absolute Gasteiger partial charge is 0.331 e. The Morgan fingerprint density at radius 3 is 2.57 bits per heavy atom. The molecule has 0 fully saturated rings. The first-order valence-corrected chi connectivity index (χ1v) is 6.42. The van der Waals surface area contributed by atoms with Crippen LogP contribution in [0.2, 0.25) is 0 Å². The van der Waals surface area contributed by atoms with Crippen LogP contribution in [-0.2, 0) is 6.54 Å². The Balaban J connectivity index is 2.52. The summed E-state index contributed by atoms with van der Waals surface area (Å²) >= 11 is 0. The van der Waals surface area contributed by atoms with Crippen molar-refractivity contribution in [2.24, 2.45) is 0 Å². The molecular weight excluding hydrogens is 274 g/mol. The molecule has 0 atom stereocenters. The number of aromatic nitrogens is 2. The predicted octanol–water partition coefficient (Wildman–Crippen LogP) is 0.0402. The number of rotatable bonds is 4. The topological polar surface area (TPSA) is 104 Å². The third-order valence-corrected chi connectivity index (χ3v) is 2.92. The van der Waals surface area contributed by atoms with Crippen LogP contribution in [0.25, 0.3) is 0 Å². The molecule has 0 saturated heterocycles. The van der Waals surface area contributed by atoms with Crippen LogP contribution in [0.1, 0.15) is 22.8 Å². The predicted molar refractivity (Wildman–Crippen MR) is 76.5 cm³/mol. The van der Waals surface area contributed by atoms with E-state index in [2.05, 4.69) is 5.32 Å². The fourth-order valence-corrected chi connectivity index (χ4v) is 1.93. The molecule has 21 heavy (non-hydrogen) atoms. The summed E-state index contributed by atoms with van der Waals surface area (Å²) in [6.45, 7) is 2.04. The molecule has 0 radical (unpaired) electrons. The number of amides is 1. The van der Waals surface area contributed by atoms with Gasteiger partial charge in [0.2, 0.25) is 5.88 Å². The van der Waals surface area contributed by atoms with E-state index >= 15 is 0 Å². The summed E-state index contributed by atoms with van der Waals surface area (Å²) in [5.41, 5.74) is -1.39. The van der Waals surface area contributed by atoms with Crippen LogP contribution in [0.3, 0.4) is 0 Å². The molecule has 0 aliphatic rings. The van der Waals surface area contributed by atoms with Crippen molar-refractivity contribution in [1.82, 2.24) is 14.9 Å². The van der Waals surface area contributed by atoms with Gasteiger partial charge in [-0.25, -0.2) is 4.79 Å². The fraction of sp³-hybridized carbons (Fsp3) is 0.214. The maximum Gasteiger partial charge on any atom is 0.331 e. The molecular formula is C14H15N3O4. The quantitative estimate of drug-likeness (QED) is 0.739. The second-order valence-electron chi connectivity index (χ2n) is 4.39. The average molecular weight is 289 g/mol. The van der Waals surface area contributed by atoms with E-state index in [1.807, 2.05) is 11.1 Å². The Labute approximate surface area is 119 Å². The van der Waals surface area contributed by atoms with Crippen LogP contribution < -0.4 is 16.6 Å². The minimum Gasteiger partial charge on any atom is -0.494 e. The van der Waals surface area contributed by atoms with Crippen LogP contribution >= 0.6 is 0 Å².